The first-order chi connectivity index (χ1) is 3.18. The fourth-order valence-corrected chi connectivity index (χ4v) is 0.249. The molecular formula is C5H8CuO2. The number of hydrogen-bond acceptors (Lipinski definition) is 2. The number of Topliss-reactive ketones (excluding diaryl/α,β-unsaturated/α-hetero) is 2. The van der Waals surface area contributed by atoms with Crippen molar-refractivity contribution < 1.29 is 26.7 Å². The monoisotopic (exact) mass is 163 g/mol. The van der Waals surface area contributed by atoms with E-state index in [0.29, 0.717) is 6.42 Å². The Kier molecular flexibility index (Phi) is 6.74. The Morgan fingerprint density at radius 3 is 1.75 bits per heavy atom. The minimum Gasteiger partial charge on any atom is -0.291 e. The van der Waals surface area contributed by atoms with Crippen LogP contribution in [0.1, 0.15) is 20.3 Å². The molecule has 0 N–H and O–H groups in total. The summed E-state index contributed by atoms with van der Waals surface area (Å²) in [4.78, 5) is 20.2. The van der Waals surface area contributed by atoms with Gasteiger partial charge < -0.3 is 0 Å². The van der Waals surface area contributed by atoms with Gasteiger partial charge in [-0.05, 0) is 0 Å². The van der Waals surface area contributed by atoms with E-state index in [9.17, 15) is 9.59 Å². The van der Waals surface area contributed by atoms with E-state index in [1.54, 1.807) is 6.92 Å². The van der Waals surface area contributed by atoms with Gasteiger partial charge in [-0.25, -0.2) is 0 Å². The molecule has 1 radical (unpaired) electrons. The van der Waals surface area contributed by atoms with E-state index in [1.807, 2.05) is 0 Å². The molecule has 0 atom stereocenters. The van der Waals surface area contributed by atoms with Gasteiger partial charge in [-0.3, -0.25) is 9.59 Å². The van der Waals surface area contributed by atoms with E-state index in [2.05, 4.69) is 0 Å². The standard InChI is InChI=1S/C5H8O2.Cu/c1-3-5(7)4(2)6;/h3H2,1-2H3;. The molecule has 3 heteroatoms. The molecule has 0 amide bonds. The average molecular weight is 164 g/mol. The van der Waals surface area contributed by atoms with E-state index in [-0.39, 0.29) is 28.6 Å². The maximum atomic E-state index is 10.2. The molecule has 0 aliphatic carbocycles. The normalized spacial score (nSPS) is 7.25. The third-order valence-corrected chi connectivity index (χ3v) is 0.714. The Labute approximate surface area is 59.1 Å². The molecule has 0 rings (SSSR count). The molecule has 0 heterocycles. The predicted molar refractivity (Wildman–Crippen MR) is 26.0 cm³/mol. The van der Waals surface area contributed by atoms with Crippen LogP contribution in [0.15, 0.2) is 0 Å². The van der Waals surface area contributed by atoms with Gasteiger partial charge in [0.25, 0.3) is 0 Å². The van der Waals surface area contributed by atoms with Crippen LogP contribution in [0.3, 0.4) is 0 Å². The van der Waals surface area contributed by atoms with Gasteiger partial charge in [-0.2, -0.15) is 0 Å². The van der Waals surface area contributed by atoms with Crippen LogP contribution in [0, 0.1) is 0 Å². The zero-order chi connectivity index (χ0) is 5.86. The van der Waals surface area contributed by atoms with Crippen LogP contribution in [-0.4, -0.2) is 11.6 Å². The van der Waals surface area contributed by atoms with Crippen LogP contribution in [0.2, 0.25) is 0 Å². The van der Waals surface area contributed by atoms with Crippen LogP contribution in [0.25, 0.3) is 0 Å². The van der Waals surface area contributed by atoms with E-state index in [0.717, 1.165) is 0 Å². The van der Waals surface area contributed by atoms with E-state index in [1.165, 1.54) is 6.92 Å². The van der Waals surface area contributed by atoms with Crippen molar-refractivity contribution >= 4 is 11.6 Å². The van der Waals surface area contributed by atoms with Gasteiger partial charge in [0.1, 0.15) is 0 Å². The summed E-state index contributed by atoms with van der Waals surface area (Å²) in [7, 11) is 0. The molecule has 0 aromatic carbocycles. The van der Waals surface area contributed by atoms with Gasteiger partial charge in [0.05, 0.1) is 0 Å². The van der Waals surface area contributed by atoms with E-state index < -0.39 is 0 Å². The minimum atomic E-state index is -0.345. The Bertz CT molecular complexity index is 98.6. The Morgan fingerprint density at radius 1 is 1.38 bits per heavy atom. The number of ketones is 2. The molecule has 0 saturated carbocycles. The van der Waals surface area contributed by atoms with Crippen LogP contribution in [0.4, 0.5) is 0 Å². The van der Waals surface area contributed by atoms with Gasteiger partial charge in [-0.15, -0.1) is 0 Å². The van der Waals surface area contributed by atoms with Crippen LogP contribution < -0.4 is 0 Å². The topological polar surface area (TPSA) is 34.1 Å². The van der Waals surface area contributed by atoms with Crippen LogP contribution in [-0.2, 0) is 26.7 Å². The van der Waals surface area contributed by atoms with Gasteiger partial charge in [0.15, 0.2) is 11.6 Å². The Balaban J connectivity index is 0. The Hall–Kier alpha value is -0.141. The second kappa shape index (κ2) is 5.01. The third kappa shape index (κ3) is 4.03. The van der Waals surface area contributed by atoms with Crippen molar-refractivity contribution in [2.24, 2.45) is 0 Å². The van der Waals surface area contributed by atoms with E-state index >= 15 is 0 Å². The molecule has 0 aliphatic rings. The number of rotatable bonds is 2. The number of hydrogen-bond donors (Lipinski definition) is 0. The summed E-state index contributed by atoms with van der Waals surface area (Å²) in [5.74, 6) is -0.637. The molecule has 0 aromatic rings. The maximum absolute atomic E-state index is 10.2. The van der Waals surface area contributed by atoms with Gasteiger partial charge >= 0.3 is 0 Å². The van der Waals surface area contributed by atoms with Crippen LogP contribution >= 0.6 is 0 Å². The molecule has 0 aliphatic heterocycles. The zero-order valence-electron chi connectivity index (χ0n) is 4.83. The van der Waals surface area contributed by atoms with E-state index in [4.69, 9.17) is 0 Å². The minimum absolute atomic E-state index is 0. The quantitative estimate of drug-likeness (QED) is 0.440. The van der Waals surface area contributed by atoms with Crippen molar-refractivity contribution in [3.63, 3.8) is 0 Å². The van der Waals surface area contributed by atoms with Gasteiger partial charge in [0.2, 0.25) is 0 Å². The molecule has 0 bridgehead atoms. The molecule has 2 nitrogen and oxygen atoms in total. The predicted octanol–water partition coefficient (Wildman–Crippen LogP) is 0.552. The van der Waals surface area contributed by atoms with Crippen molar-refractivity contribution in [1.29, 1.82) is 0 Å². The second-order valence-electron chi connectivity index (χ2n) is 1.33. The zero-order valence-corrected chi connectivity index (χ0v) is 5.77. The van der Waals surface area contributed by atoms with Crippen molar-refractivity contribution in [2.45, 2.75) is 20.3 Å². The first-order valence-corrected chi connectivity index (χ1v) is 2.22. The smallest absolute Gasteiger partial charge is 0.197 e. The van der Waals surface area contributed by atoms with Gasteiger partial charge in [-0.1, -0.05) is 6.92 Å². The summed E-state index contributed by atoms with van der Waals surface area (Å²) in [5, 5.41) is 0. The molecule has 0 spiro atoms. The first kappa shape index (κ1) is 10.8. The van der Waals surface area contributed by atoms with Gasteiger partial charge in [0, 0.05) is 30.4 Å². The molecule has 0 saturated heterocycles. The molecule has 0 fully saturated rings. The average Bonchev–Trinajstić information content (AvgIpc) is 1.65. The fourth-order valence-electron chi connectivity index (χ4n) is 0.249. The summed E-state index contributed by atoms with van der Waals surface area (Å²) < 4.78 is 0. The second-order valence-corrected chi connectivity index (χ2v) is 1.33. The molecule has 0 unspecified atom stereocenters. The summed E-state index contributed by atoms with van der Waals surface area (Å²) in [5.41, 5.74) is 0. The summed E-state index contributed by atoms with van der Waals surface area (Å²) >= 11 is 0. The Morgan fingerprint density at radius 2 is 1.75 bits per heavy atom. The molecular weight excluding hydrogens is 156 g/mol. The largest absolute Gasteiger partial charge is 0.291 e. The van der Waals surface area contributed by atoms with Crippen molar-refractivity contribution in [1.82, 2.24) is 0 Å². The molecule has 0 aromatic heterocycles. The van der Waals surface area contributed by atoms with Crippen molar-refractivity contribution in [3.05, 3.63) is 0 Å². The molecule has 8 heavy (non-hydrogen) atoms. The summed E-state index contributed by atoms with van der Waals surface area (Å²) in [6, 6.07) is 0. The number of carbonyl (C=O) groups is 2. The first-order valence-electron chi connectivity index (χ1n) is 2.22. The fraction of sp³-hybridized carbons (Fsp3) is 0.600. The summed E-state index contributed by atoms with van der Waals surface area (Å²) in [6.45, 7) is 2.95. The maximum Gasteiger partial charge on any atom is 0.197 e. The third-order valence-electron chi connectivity index (χ3n) is 0.714. The van der Waals surface area contributed by atoms with Crippen molar-refractivity contribution in [2.75, 3.05) is 0 Å². The summed E-state index contributed by atoms with van der Waals surface area (Å²) in [6.07, 6.45) is 0.329. The SMILES string of the molecule is CCC(=O)C(C)=O.[Cu]. The molecule has 51 valence electrons. The number of carbonyl (C=O) groups excluding carboxylic acids is 2. The van der Waals surface area contributed by atoms with Crippen molar-refractivity contribution in [3.8, 4) is 0 Å². The van der Waals surface area contributed by atoms with Crippen LogP contribution in [0.5, 0.6) is 0 Å².